The summed E-state index contributed by atoms with van der Waals surface area (Å²) < 4.78 is 0. The summed E-state index contributed by atoms with van der Waals surface area (Å²) in [5.41, 5.74) is -1.92. The van der Waals surface area contributed by atoms with Crippen LogP contribution in [0.2, 0.25) is 0 Å². The lowest BCUT2D eigenvalue weighted by molar-refractivity contribution is -0.177. The Morgan fingerprint density at radius 1 is 1.30 bits per heavy atom. The zero-order valence-corrected chi connectivity index (χ0v) is 15.5. The molecular weight excluding hydrogens is 288 g/mol. The minimum Gasteiger partial charge on any atom is -0.390 e. The SMILES string of the molecule is C=C[C@](C)(O)CC[C@@H]1[C@@]2(C)CC(=O)CC(C)(C)[C@@H]2CC[C@@]1(C)O. The molecule has 5 atom stereocenters. The Hall–Kier alpha value is -0.670. The van der Waals surface area contributed by atoms with Crippen molar-refractivity contribution in [3.63, 3.8) is 0 Å². The molecule has 0 unspecified atom stereocenters. The molecule has 0 amide bonds. The number of hydrogen-bond acceptors (Lipinski definition) is 3. The third-order valence-corrected chi connectivity index (χ3v) is 6.84. The van der Waals surface area contributed by atoms with Crippen molar-refractivity contribution in [2.24, 2.45) is 22.7 Å². The quantitative estimate of drug-likeness (QED) is 0.772. The van der Waals surface area contributed by atoms with E-state index in [9.17, 15) is 15.0 Å². The van der Waals surface area contributed by atoms with E-state index in [1.807, 2.05) is 6.92 Å². The van der Waals surface area contributed by atoms with E-state index in [0.29, 0.717) is 37.4 Å². The Morgan fingerprint density at radius 2 is 1.91 bits per heavy atom. The molecule has 0 aromatic heterocycles. The Labute approximate surface area is 141 Å². The van der Waals surface area contributed by atoms with Gasteiger partial charge in [-0.25, -0.2) is 0 Å². The number of ketones is 1. The molecule has 0 aliphatic heterocycles. The second kappa shape index (κ2) is 5.70. The first-order valence-electron chi connectivity index (χ1n) is 8.94. The number of Topliss-reactive ketones (excluding diaryl/α,β-unsaturated/α-hetero) is 1. The molecule has 0 aromatic carbocycles. The number of carbonyl (C=O) groups is 1. The van der Waals surface area contributed by atoms with E-state index in [1.165, 1.54) is 0 Å². The number of fused-ring (bicyclic) bond motifs is 1. The van der Waals surface area contributed by atoms with Crippen LogP contribution in [0.1, 0.15) is 73.1 Å². The molecule has 0 heterocycles. The number of rotatable bonds is 4. The van der Waals surface area contributed by atoms with Crippen LogP contribution in [0.15, 0.2) is 12.7 Å². The molecule has 2 aliphatic rings. The van der Waals surface area contributed by atoms with Crippen molar-refractivity contribution in [2.75, 3.05) is 0 Å². The van der Waals surface area contributed by atoms with Crippen LogP contribution in [0.5, 0.6) is 0 Å². The molecule has 23 heavy (non-hydrogen) atoms. The number of hydrogen-bond donors (Lipinski definition) is 2. The molecule has 3 nitrogen and oxygen atoms in total. The molecular formula is C20H34O3. The lowest BCUT2D eigenvalue weighted by Crippen LogP contribution is -2.59. The minimum atomic E-state index is -0.923. The van der Waals surface area contributed by atoms with Gasteiger partial charge in [-0.2, -0.15) is 0 Å². The van der Waals surface area contributed by atoms with Crippen molar-refractivity contribution in [3.05, 3.63) is 12.7 Å². The van der Waals surface area contributed by atoms with E-state index in [1.54, 1.807) is 13.0 Å². The van der Waals surface area contributed by atoms with Crippen LogP contribution < -0.4 is 0 Å². The van der Waals surface area contributed by atoms with Crippen LogP contribution in [0.3, 0.4) is 0 Å². The van der Waals surface area contributed by atoms with Crippen molar-refractivity contribution in [1.82, 2.24) is 0 Å². The standard InChI is InChI=1S/C20H34O3/c1-7-18(4,22)10-8-16-19(5)13-14(21)12-17(2,3)15(19)9-11-20(16,6)23/h7,15-16,22-23H,1,8-13H2,2-6H3/t15-,16+,18-,19-,20+/m0/s1. The average Bonchev–Trinajstić information content (AvgIpc) is 2.34. The maximum atomic E-state index is 12.4. The fourth-order valence-corrected chi connectivity index (χ4v) is 5.72. The Balaban J connectivity index is 2.35. The second-order valence-corrected chi connectivity index (χ2v) is 9.49. The van der Waals surface area contributed by atoms with Crippen molar-refractivity contribution < 1.29 is 15.0 Å². The van der Waals surface area contributed by atoms with Crippen LogP contribution >= 0.6 is 0 Å². The lowest BCUT2D eigenvalue weighted by atomic mass is 9.45. The monoisotopic (exact) mass is 322 g/mol. The van der Waals surface area contributed by atoms with Gasteiger partial charge in [-0.15, -0.1) is 6.58 Å². The van der Waals surface area contributed by atoms with Crippen LogP contribution in [0.25, 0.3) is 0 Å². The van der Waals surface area contributed by atoms with Crippen LogP contribution in [-0.4, -0.2) is 27.2 Å². The molecule has 2 aliphatic carbocycles. The summed E-state index contributed by atoms with van der Waals surface area (Å²) >= 11 is 0. The molecule has 2 rings (SSSR count). The van der Waals surface area contributed by atoms with E-state index < -0.39 is 11.2 Å². The first-order valence-corrected chi connectivity index (χ1v) is 8.94. The van der Waals surface area contributed by atoms with Crippen molar-refractivity contribution in [2.45, 2.75) is 84.3 Å². The first-order chi connectivity index (χ1) is 10.3. The highest BCUT2D eigenvalue weighted by Crippen LogP contribution is 2.62. The number of carbonyl (C=O) groups excluding carboxylic acids is 1. The van der Waals surface area contributed by atoms with Gasteiger partial charge in [0.1, 0.15) is 5.78 Å². The molecule has 0 bridgehead atoms. The molecule has 132 valence electrons. The zero-order chi connectivity index (χ0) is 17.7. The van der Waals surface area contributed by atoms with Gasteiger partial charge in [0.05, 0.1) is 11.2 Å². The van der Waals surface area contributed by atoms with Crippen LogP contribution in [-0.2, 0) is 4.79 Å². The van der Waals surface area contributed by atoms with Gasteiger partial charge in [-0.3, -0.25) is 4.79 Å². The zero-order valence-electron chi connectivity index (χ0n) is 15.5. The third kappa shape index (κ3) is 3.41. The predicted molar refractivity (Wildman–Crippen MR) is 93.0 cm³/mol. The highest BCUT2D eigenvalue weighted by molar-refractivity contribution is 5.81. The third-order valence-electron chi connectivity index (χ3n) is 6.84. The summed E-state index contributed by atoms with van der Waals surface area (Å²) in [6, 6.07) is 0. The van der Waals surface area contributed by atoms with Gasteiger partial charge in [-0.05, 0) is 62.2 Å². The Morgan fingerprint density at radius 3 is 2.48 bits per heavy atom. The summed E-state index contributed by atoms with van der Waals surface area (Å²) in [4.78, 5) is 12.4. The maximum Gasteiger partial charge on any atom is 0.134 e. The molecule has 0 aromatic rings. The average molecular weight is 322 g/mol. The summed E-state index contributed by atoms with van der Waals surface area (Å²) in [6.45, 7) is 14.0. The summed E-state index contributed by atoms with van der Waals surface area (Å²) in [6.07, 6.45) is 5.78. The van der Waals surface area contributed by atoms with E-state index in [0.717, 1.165) is 12.8 Å². The van der Waals surface area contributed by atoms with Gasteiger partial charge in [0.25, 0.3) is 0 Å². The Kier molecular flexibility index (Phi) is 4.63. The van der Waals surface area contributed by atoms with Gasteiger partial charge in [-0.1, -0.05) is 26.8 Å². The molecule has 0 radical (unpaired) electrons. The first kappa shape index (κ1) is 18.7. The summed E-state index contributed by atoms with van der Waals surface area (Å²) in [7, 11) is 0. The summed E-state index contributed by atoms with van der Waals surface area (Å²) in [5, 5.41) is 21.3. The van der Waals surface area contributed by atoms with E-state index in [4.69, 9.17) is 0 Å². The maximum absolute atomic E-state index is 12.4. The van der Waals surface area contributed by atoms with Gasteiger partial charge >= 0.3 is 0 Å². The minimum absolute atomic E-state index is 0.0141. The van der Waals surface area contributed by atoms with Crippen molar-refractivity contribution in [1.29, 1.82) is 0 Å². The van der Waals surface area contributed by atoms with Crippen LogP contribution in [0, 0.1) is 22.7 Å². The van der Waals surface area contributed by atoms with Crippen LogP contribution in [0.4, 0.5) is 0 Å². The van der Waals surface area contributed by atoms with Crippen molar-refractivity contribution in [3.8, 4) is 0 Å². The normalized spacial score (nSPS) is 42.7. The number of aliphatic hydroxyl groups is 2. The second-order valence-electron chi connectivity index (χ2n) is 9.49. The van der Waals surface area contributed by atoms with Gasteiger partial charge < -0.3 is 10.2 Å². The molecule has 0 saturated heterocycles. The molecule has 0 spiro atoms. The van der Waals surface area contributed by atoms with E-state index in [-0.39, 0.29) is 16.7 Å². The van der Waals surface area contributed by atoms with Crippen molar-refractivity contribution >= 4 is 5.78 Å². The molecule has 3 heteroatoms. The van der Waals surface area contributed by atoms with Gasteiger partial charge in [0.2, 0.25) is 0 Å². The fraction of sp³-hybridized carbons (Fsp3) is 0.850. The van der Waals surface area contributed by atoms with E-state index in [2.05, 4.69) is 27.4 Å². The highest BCUT2D eigenvalue weighted by Gasteiger charge is 2.59. The Bertz CT molecular complexity index is 489. The molecule has 2 N–H and O–H groups in total. The molecule has 2 fully saturated rings. The van der Waals surface area contributed by atoms with Gasteiger partial charge in [0.15, 0.2) is 0 Å². The van der Waals surface area contributed by atoms with Gasteiger partial charge in [0, 0.05) is 12.8 Å². The fourth-order valence-electron chi connectivity index (χ4n) is 5.72. The topological polar surface area (TPSA) is 57.5 Å². The lowest BCUT2D eigenvalue weighted by Gasteiger charge is -2.60. The predicted octanol–water partition coefficient (Wildman–Crippen LogP) is 3.88. The summed E-state index contributed by atoms with van der Waals surface area (Å²) in [5.74, 6) is 0.766. The smallest absolute Gasteiger partial charge is 0.134 e. The largest absolute Gasteiger partial charge is 0.390 e. The molecule has 2 saturated carbocycles. The van der Waals surface area contributed by atoms with E-state index >= 15 is 0 Å². The highest BCUT2D eigenvalue weighted by atomic mass is 16.3.